The van der Waals surface area contributed by atoms with Crippen LogP contribution >= 0.6 is 11.6 Å². The summed E-state index contributed by atoms with van der Waals surface area (Å²) >= 11 is 5.97. The number of hydrogen-bond acceptors (Lipinski definition) is 4. The van der Waals surface area contributed by atoms with Gasteiger partial charge in [0.1, 0.15) is 0 Å². The predicted octanol–water partition coefficient (Wildman–Crippen LogP) is 2.78. The first-order valence-electron chi connectivity index (χ1n) is 10.3. The number of aromatic amines is 2. The molecule has 4 aromatic rings. The van der Waals surface area contributed by atoms with Crippen LogP contribution in [0, 0.1) is 12.8 Å². The fourth-order valence-electron chi connectivity index (χ4n) is 3.53. The van der Waals surface area contributed by atoms with E-state index >= 15 is 0 Å². The maximum atomic E-state index is 13.3. The van der Waals surface area contributed by atoms with E-state index in [4.69, 9.17) is 11.6 Å². The second-order valence-electron chi connectivity index (χ2n) is 7.93. The van der Waals surface area contributed by atoms with E-state index in [0.29, 0.717) is 10.7 Å². The Morgan fingerprint density at radius 3 is 2.52 bits per heavy atom. The summed E-state index contributed by atoms with van der Waals surface area (Å²) in [6.45, 7) is 3.23. The lowest BCUT2D eigenvalue weighted by molar-refractivity contribution is -0.141. The van der Waals surface area contributed by atoms with Crippen molar-refractivity contribution < 1.29 is 9.90 Å². The number of carboxylic acid groups (broad SMARTS) is 1. The molecule has 3 N–H and O–H groups in total. The number of fused-ring (bicyclic) bond motifs is 1. The fourth-order valence-corrected chi connectivity index (χ4v) is 3.65. The zero-order chi connectivity index (χ0) is 23.7. The number of nitrogens with zero attached hydrogens (tertiary/aromatic N) is 3. The maximum Gasteiger partial charge on any atom is 0.335 e. The van der Waals surface area contributed by atoms with Gasteiger partial charge in [0.05, 0.1) is 18.2 Å². The van der Waals surface area contributed by atoms with Crippen molar-refractivity contribution in [2.24, 2.45) is 10.9 Å². The first kappa shape index (κ1) is 22.3. The number of halogens is 1. The zero-order valence-corrected chi connectivity index (χ0v) is 18.8. The third kappa shape index (κ3) is 4.83. The van der Waals surface area contributed by atoms with Crippen LogP contribution in [0.5, 0.6) is 0 Å². The van der Waals surface area contributed by atoms with Crippen LogP contribution < -0.4 is 17.0 Å². The minimum Gasteiger partial charge on any atom is -0.481 e. The van der Waals surface area contributed by atoms with Crippen LogP contribution in [0.25, 0.3) is 10.9 Å². The van der Waals surface area contributed by atoms with Gasteiger partial charge in [0.25, 0.3) is 0 Å². The fraction of sp³-hybridized carbons (Fsp3) is 0.217. The van der Waals surface area contributed by atoms with Gasteiger partial charge in [-0.3, -0.25) is 14.3 Å². The van der Waals surface area contributed by atoms with Gasteiger partial charge in [-0.1, -0.05) is 30.7 Å². The first-order chi connectivity index (χ1) is 15.7. The van der Waals surface area contributed by atoms with Crippen molar-refractivity contribution in [3.63, 3.8) is 0 Å². The summed E-state index contributed by atoms with van der Waals surface area (Å²) in [6, 6.07) is 14.4. The highest BCUT2D eigenvalue weighted by Gasteiger charge is 2.17. The maximum absolute atomic E-state index is 13.3. The standard InChI is InChI=1S/C23H22ClN5O4/c1-13(20(30)31)11-29-22(32)27-21(26-18-7-8-19-16(10-18)9-14(2)25-19)28(23(29)33)12-15-3-5-17(24)6-4-15/h3-10,13,25H,11-12H2,1-2H3,(H,30,31)(H,26,27,32)/t13-/m0/s1. The number of carbonyl (C=O) groups is 1. The summed E-state index contributed by atoms with van der Waals surface area (Å²) in [7, 11) is 0. The molecule has 4 rings (SSSR count). The molecule has 2 aromatic heterocycles. The first-order valence-corrected chi connectivity index (χ1v) is 10.6. The molecule has 0 radical (unpaired) electrons. The van der Waals surface area contributed by atoms with E-state index < -0.39 is 23.3 Å². The number of nitrogens with one attached hydrogen (secondary N) is 2. The Labute approximate surface area is 192 Å². The average molecular weight is 468 g/mol. The van der Waals surface area contributed by atoms with Crippen LogP contribution in [0.3, 0.4) is 0 Å². The Morgan fingerprint density at radius 1 is 1.09 bits per heavy atom. The molecular weight excluding hydrogens is 446 g/mol. The highest BCUT2D eigenvalue weighted by Crippen LogP contribution is 2.21. The summed E-state index contributed by atoms with van der Waals surface area (Å²) in [5.41, 5.74) is 1.95. The molecule has 0 bridgehead atoms. The summed E-state index contributed by atoms with van der Waals surface area (Å²) in [6.07, 6.45) is 0. The van der Waals surface area contributed by atoms with Crippen molar-refractivity contribution in [2.45, 2.75) is 26.9 Å². The Hall–Kier alpha value is -3.85. The Morgan fingerprint density at radius 2 is 1.82 bits per heavy atom. The Bertz CT molecular complexity index is 1530. The molecule has 0 unspecified atom stereocenters. The van der Waals surface area contributed by atoms with Crippen molar-refractivity contribution in [2.75, 3.05) is 0 Å². The molecule has 0 saturated carbocycles. The van der Waals surface area contributed by atoms with Gasteiger partial charge in [0.2, 0.25) is 5.62 Å². The minimum absolute atomic E-state index is 0.0609. The topological polar surface area (TPSA) is 125 Å². The van der Waals surface area contributed by atoms with Crippen LogP contribution in [0.1, 0.15) is 18.2 Å². The van der Waals surface area contributed by atoms with Gasteiger partial charge < -0.3 is 10.1 Å². The van der Waals surface area contributed by atoms with Gasteiger partial charge in [-0.25, -0.2) is 19.1 Å². The molecule has 0 aliphatic carbocycles. The number of hydrogen-bond donors (Lipinski definition) is 3. The monoisotopic (exact) mass is 467 g/mol. The molecule has 2 heterocycles. The number of H-pyrrole nitrogens is 2. The highest BCUT2D eigenvalue weighted by molar-refractivity contribution is 6.30. The lowest BCUT2D eigenvalue weighted by Gasteiger charge is -2.13. The normalized spacial score (nSPS) is 12.9. The van der Waals surface area contributed by atoms with Gasteiger partial charge in [-0.05, 0) is 48.9 Å². The van der Waals surface area contributed by atoms with E-state index in [-0.39, 0.29) is 18.7 Å². The van der Waals surface area contributed by atoms with Crippen LogP contribution in [-0.2, 0) is 17.9 Å². The highest BCUT2D eigenvalue weighted by atomic mass is 35.5. The molecule has 9 nitrogen and oxygen atoms in total. The third-order valence-corrected chi connectivity index (χ3v) is 5.54. The molecule has 33 heavy (non-hydrogen) atoms. The van der Waals surface area contributed by atoms with Gasteiger partial charge in [-0.2, -0.15) is 0 Å². The van der Waals surface area contributed by atoms with Crippen molar-refractivity contribution in [1.82, 2.24) is 19.1 Å². The molecule has 0 fully saturated rings. The van der Waals surface area contributed by atoms with Crippen molar-refractivity contribution >= 4 is 34.2 Å². The van der Waals surface area contributed by atoms with Gasteiger partial charge in [0, 0.05) is 28.2 Å². The van der Waals surface area contributed by atoms with Crippen LogP contribution in [-0.4, -0.2) is 30.2 Å². The second-order valence-corrected chi connectivity index (χ2v) is 8.37. The van der Waals surface area contributed by atoms with E-state index in [1.807, 2.05) is 25.1 Å². The van der Waals surface area contributed by atoms with Gasteiger partial charge >= 0.3 is 17.3 Å². The molecule has 0 spiro atoms. The number of aliphatic carboxylic acids is 1. The lowest BCUT2D eigenvalue weighted by atomic mass is 10.2. The molecule has 10 heteroatoms. The molecular formula is C23H22ClN5O4. The van der Waals surface area contributed by atoms with Gasteiger partial charge in [0.15, 0.2) is 0 Å². The molecule has 1 atom stereocenters. The van der Waals surface area contributed by atoms with E-state index in [0.717, 1.165) is 26.7 Å². The van der Waals surface area contributed by atoms with Crippen molar-refractivity contribution in [3.05, 3.63) is 91.4 Å². The summed E-state index contributed by atoms with van der Waals surface area (Å²) in [5, 5.41) is 10.7. The van der Waals surface area contributed by atoms with E-state index in [1.54, 1.807) is 30.3 Å². The summed E-state index contributed by atoms with van der Waals surface area (Å²) in [4.78, 5) is 47.6. The number of aromatic nitrogens is 4. The van der Waals surface area contributed by atoms with Crippen LogP contribution in [0.15, 0.2) is 63.1 Å². The smallest absolute Gasteiger partial charge is 0.335 e. The predicted molar refractivity (Wildman–Crippen MR) is 125 cm³/mol. The third-order valence-electron chi connectivity index (χ3n) is 5.29. The number of carboxylic acids is 1. The zero-order valence-electron chi connectivity index (χ0n) is 18.0. The molecule has 2 aromatic carbocycles. The molecule has 0 aliphatic rings. The van der Waals surface area contributed by atoms with Crippen molar-refractivity contribution in [3.8, 4) is 0 Å². The molecule has 0 aliphatic heterocycles. The van der Waals surface area contributed by atoms with E-state index in [1.165, 1.54) is 11.5 Å². The molecule has 0 saturated heterocycles. The van der Waals surface area contributed by atoms with E-state index in [2.05, 4.69) is 15.0 Å². The van der Waals surface area contributed by atoms with Gasteiger partial charge in [-0.15, -0.1) is 0 Å². The van der Waals surface area contributed by atoms with Crippen molar-refractivity contribution in [1.29, 1.82) is 0 Å². The minimum atomic E-state index is -1.10. The number of benzene rings is 2. The molecule has 0 amide bonds. The van der Waals surface area contributed by atoms with Crippen LogP contribution in [0.4, 0.5) is 5.69 Å². The largest absolute Gasteiger partial charge is 0.481 e. The Kier molecular flexibility index (Phi) is 6.06. The number of aryl methyl sites for hydroxylation is 1. The van der Waals surface area contributed by atoms with E-state index in [9.17, 15) is 19.5 Å². The molecule has 170 valence electrons. The second kappa shape index (κ2) is 8.95. The number of rotatable bonds is 6. The lowest BCUT2D eigenvalue weighted by Crippen LogP contribution is -2.51. The SMILES string of the molecule is Cc1cc2cc(/N=c3\[nH]c(=O)n(C[C@H](C)C(=O)O)c(=O)n3Cc3ccc(Cl)cc3)ccc2[nH]1. The Balaban J connectivity index is 1.89. The summed E-state index contributed by atoms with van der Waals surface area (Å²) < 4.78 is 2.19. The van der Waals surface area contributed by atoms with Crippen LogP contribution in [0.2, 0.25) is 5.02 Å². The summed E-state index contributed by atoms with van der Waals surface area (Å²) in [5.74, 6) is -2.02. The average Bonchev–Trinajstić information content (AvgIpc) is 3.14. The quantitative estimate of drug-likeness (QED) is 0.403.